The summed E-state index contributed by atoms with van der Waals surface area (Å²) in [5.41, 5.74) is 0. The van der Waals surface area contributed by atoms with Crippen LogP contribution in [0.1, 0.15) is 155 Å². The molecule has 0 aromatic heterocycles. The molecule has 0 heterocycles. The van der Waals surface area contributed by atoms with Crippen LogP contribution in [0.5, 0.6) is 0 Å². The van der Waals surface area contributed by atoms with Gasteiger partial charge in [0, 0.05) is 13.0 Å². The smallest absolute Gasteiger partial charge is 0.330 e. The van der Waals surface area contributed by atoms with Gasteiger partial charge in [0.15, 0.2) is 0 Å². The summed E-state index contributed by atoms with van der Waals surface area (Å²) in [4.78, 5) is 23.9. The van der Waals surface area contributed by atoms with E-state index in [4.69, 9.17) is 13.8 Å². The molecule has 0 fully saturated rings. The van der Waals surface area contributed by atoms with Crippen LogP contribution in [0.3, 0.4) is 0 Å². The van der Waals surface area contributed by atoms with Gasteiger partial charge in [0.2, 0.25) is 0 Å². The predicted octanol–water partition coefficient (Wildman–Crippen LogP) is 9.33. The SMILES string of the molecule is CCCCCCCCCCCCCCCCCCCCCC(COP(O)OCCN(C)C)OC(=O)CCC. The second-order valence-electron chi connectivity index (χ2n) is 11.2. The molecule has 0 saturated heterocycles. The van der Waals surface area contributed by atoms with E-state index in [0.717, 1.165) is 32.2 Å². The van der Waals surface area contributed by atoms with Gasteiger partial charge in [-0.3, -0.25) is 4.79 Å². The summed E-state index contributed by atoms with van der Waals surface area (Å²) in [7, 11) is 1.97. The fraction of sp³-hybridized carbons (Fsp3) is 0.968. The number of ether oxygens (including phenoxy) is 1. The summed E-state index contributed by atoms with van der Waals surface area (Å²) in [6.07, 6.45) is 27.4. The van der Waals surface area contributed by atoms with Crippen molar-refractivity contribution in [3.63, 3.8) is 0 Å². The van der Waals surface area contributed by atoms with Gasteiger partial charge in [-0.15, -0.1) is 0 Å². The van der Waals surface area contributed by atoms with E-state index >= 15 is 0 Å². The van der Waals surface area contributed by atoms with Crippen molar-refractivity contribution in [1.29, 1.82) is 0 Å². The number of rotatable bonds is 30. The Morgan fingerprint density at radius 1 is 0.684 bits per heavy atom. The van der Waals surface area contributed by atoms with Gasteiger partial charge in [-0.1, -0.05) is 129 Å². The lowest BCUT2D eigenvalue weighted by Gasteiger charge is -2.20. The van der Waals surface area contributed by atoms with Crippen LogP contribution in [0.2, 0.25) is 0 Å². The van der Waals surface area contributed by atoms with Crippen molar-refractivity contribution in [3.8, 4) is 0 Å². The molecule has 0 aliphatic heterocycles. The number of hydrogen-bond acceptors (Lipinski definition) is 6. The summed E-state index contributed by atoms with van der Waals surface area (Å²) in [6, 6.07) is 0. The fourth-order valence-electron chi connectivity index (χ4n) is 4.56. The summed E-state index contributed by atoms with van der Waals surface area (Å²) in [5, 5.41) is 0. The molecule has 2 unspecified atom stereocenters. The normalized spacial score (nSPS) is 13.2. The third-order valence-electron chi connectivity index (χ3n) is 6.99. The van der Waals surface area contributed by atoms with Crippen LogP contribution in [-0.2, 0) is 18.6 Å². The molecule has 0 spiro atoms. The van der Waals surface area contributed by atoms with Gasteiger partial charge in [-0.05, 0) is 33.4 Å². The van der Waals surface area contributed by atoms with Crippen molar-refractivity contribution in [2.45, 2.75) is 161 Å². The summed E-state index contributed by atoms with van der Waals surface area (Å²) in [6.45, 7) is 5.58. The minimum Gasteiger partial charge on any atom is -0.460 e. The number of esters is 1. The Bertz CT molecular complexity index is 495. The highest BCUT2D eigenvalue weighted by molar-refractivity contribution is 7.40. The van der Waals surface area contributed by atoms with E-state index in [1.165, 1.54) is 109 Å². The first kappa shape index (κ1) is 37.7. The molecule has 0 radical (unpaired) electrons. The number of likely N-dealkylation sites (N-methyl/N-ethyl adjacent to an activating group) is 1. The van der Waals surface area contributed by atoms with Crippen molar-refractivity contribution in [2.75, 3.05) is 33.9 Å². The fourth-order valence-corrected chi connectivity index (χ4v) is 5.17. The molecule has 2 atom stereocenters. The van der Waals surface area contributed by atoms with E-state index in [1.807, 2.05) is 25.9 Å². The average molecular weight is 562 g/mol. The maximum atomic E-state index is 12.0. The first-order chi connectivity index (χ1) is 18.5. The minimum absolute atomic E-state index is 0.185. The third kappa shape index (κ3) is 28.7. The average Bonchev–Trinajstić information content (AvgIpc) is 2.88. The molecule has 7 heteroatoms. The number of carbonyl (C=O) groups is 1. The highest BCUT2D eigenvalue weighted by Gasteiger charge is 2.17. The zero-order valence-corrected chi connectivity index (χ0v) is 26.6. The van der Waals surface area contributed by atoms with Crippen molar-refractivity contribution in [1.82, 2.24) is 4.90 Å². The van der Waals surface area contributed by atoms with Crippen molar-refractivity contribution >= 4 is 14.6 Å². The molecule has 0 bridgehead atoms. The number of hydrogen-bond donors (Lipinski definition) is 1. The summed E-state index contributed by atoms with van der Waals surface area (Å²) < 4.78 is 16.4. The standard InChI is InChI=1S/C31H64NO5P/c1-5-7-8-9-10-11-12-13-14-15-16-17-18-19-20-21-22-23-24-26-30(37-31(33)25-6-2)29-36-38(34)35-28-27-32(3)4/h30,34H,5-29H2,1-4H3. The molecule has 0 aliphatic rings. The van der Waals surface area contributed by atoms with Gasteiger partial charge in [-0.25, -0.2) is 0 Å². The molecule has 38 heavy (non-hydrogen) atoms. The Balaban J connectivity index is 3.68. The van der Waals surface area contributed by atoms with Crippen LogP contribution >= 0.6 is 8.60 Å². The Morgan fingerprint density at radius 3 is 1.55 bits per heavy atom. The Kier molecular flexibility index (Phi) is 29.5. The quantitative estimate of drug-likeness (QED) is 0.0535. The van der Waals surface area contributed by atoms with E-state index in [9.17, 15) is 9.69 Å². The first-order valence-corrected chi connectivity index (χ1v) is 17.2. The molecule has 228 valence electrons. The van der Waals surface area contributed by atoms with Crippen molar-refractivity contribution < 1.29 is 23.5 Å². The lowest BCUT2D eigenvalue weighted by Crippen LogP contribution is -2.23. The van der Waals surface area contributed by atoms with E-state index in [-0.39, 0.29) is 18.7 Å². The van der Waals surface area contributed by atoms with Crippen molar-refractivity contribution in [3.05, 3.63) is 0 Å². The Morgan fingerprint density at radius 2 is 1.13 bits per heavy atom. The predicted molar refractivity (Wildman–Crippen MR) is 162 cm³/mol. The van der Waals surface area contributed by atoms with E-state index in [1.54, 1.807) is 0 Å². The lowest BCUT2D eigenvalue weighted by atomic mass is 10.0. The lowest BCUT2D eigenvalue weighted by molar-refractivity contribution is -0.151. The highest BCUT2D eigenvalue weighted by Crippen LogP contribution is 2.33. The molecule has 0 aliphatic carbocycles. The van der Waals surface area contributed by atoms with Crippen LogP contribution in [0.4, 0.5) is 0 Å². The van der Waals surface area contributed by atoms with Gasteiger partial charge in [0.05, 0.1) is 13.2 Å². The third-order valence-corrected chi connectivity index (χ3v) is 7.77. The molecular formula is C31H64NO5P. The van der Waals surface area contributed by atoms with Crippen LogP contribution < -0.4 is 0 Å². The van der Waals surface area contributed by atoms with Crippen LogP contribution in [0.25, 0.3) is 0 Å². The molecular weight excluding hydrogens is 497 g/mol. The number of unbranched alkanes of at least 4 members (excludes halogenated alkanes) is 18. The summed E-state index contributed by atoms with van der Waals surface area (Å²) >= 11 is 0. The van der Waals surface area contributed by atoms with Gasteiger partial charge in [-0.2, -0.15) is 0 Å². The molecule has 0 rings (SSSR count). The van der Waals surface area contributed by atoms with Gasteiger partial charge in [0.25, 0.3) is 0 Å². The molecule has 0 saturated carbocycles. The number of carbonyl (C=O) groups excluding carboxylic acids is 1. The van der Waals surface area contributed by atoms with E-state index in [2.05, 4.69) is 6.92 Å². The van der Waals surface area contributed by atoms with E-state index in [0.29, 0.717) is 13.0 Å². The maximum absolute atomic E-state index is 12.0. The second-order valence-corrected chi connectivity index (χ2v) is 12.2. The molecule has 0 aromatic rings. The van der Waals surface area contributed by atoms with E-state index < -0.39 is 8.60 Å². The Labute approximate surface area is 238 Å². The molecule has 0 amide bonds. The largest absolute Gasteiger partial charge is 0.460 e. The van der Waals surface area contributed by atoms with Crippen LogP contribution in [-0.4, -0.2) is 55.7 Å². The molecule has 0 aromatic carbocycles. The van der Waals surface area contributed by atoms with Crippen LogP contribution in [0, 0.1) is 0 Å². The maximum Gasteiger partial charge on any atom is 0.330 e. The van der Waals surface area contributed by atoms with Gasteiger partial charge < -0.3 is 23.6 Å². The zero-order chi connectivity index (χ0) is 28.1. The summed E-state index contributed by atoms with van der Waals surface area (Å²) in [5.74, 6) is -0.185. The molecule has 1 N–H and O–H groups in total. The Hall–Kier alpha value is -0.260. The monoisotopic (exact) mass is 561 g/mol. The minimum atomic E-state index is -1.94. The van der Waals surface area contributed by atoms with Gasteiger partial charge in [0.1, 0.15) is 6.10 Å². The first-order valence-electron chi connectivity index (χ1n) is 16.1. The molecule has 6 nitrogen and oxygen atoms in total. The number of nitrogens with zero attached hydrogens (tertiary/aromatic N) is 1. The topological polar surface area (TPSA) is 68.2 Å². The van der Waals surface area contributed by atoms with Crippen LogP contribution in [0.15, 0.2) is 0 Å². The second kappa shape index (κ2) is 29.7. The van der Waals surface area contributed by atoms with Gasteiger partial charge >= 0.3 is 14.6 Å². The zero-order valence-electron chi connectivity index (χ0n) is 25.7. The van der Waals surface area contributed by atoms with Crippen molar-refractivity contribution in [2.24, 2.45) is 0 Å². The highest BCUT2D eigenvalue weighted by atomic mass is 31.2.